The normalized spacial score (nSPS) is 12.6. The molecule has 6 heteroatoms. The van der Waals surface area contributed by atoms with Crippen LogP contribution in [0.4, 0.5) is 8.78 Å². The van der Waals surface area contributed by atoms with Gasteiger partial charge in [0.1, 0.15) is 12.2 Å². The Labute approximate surface area is 97.1 Å². The molecule has 2 aromatic rings. The van der Waals surface area contributed by atoms with Gasteiger partial charge >= 0.3 is 0 Å². The number of aromatic nitrogens is 3. The van der Waals surface area contributed by atoms with Gasteiger partial charge in [-0.15, -0.1) is 0 Å². The van der Waals surface area contributed by atoms with Gasteiger partial charge in [-0.1, -0.05) is 13.0 Å². The molecule has 1 aromatic carbocycles. The predicted octanol–water partition coefficient (Wildman–Crippen LogP) is 1.78. The van der Waals surface area contributed by atoms with E-state index < -0.39 is 11.6 Å². The molecule has 90 valence electrons. The van der Waals surface area contributed by atoms with Gasteiger partial charge in [-0.05, 0) is 24.2 Å². The van der Waals surface area contributed by atoms with E-state index in [1.54, 1.807) is 0 Å². The molecule has 1 heterocycles. The van der Waals surface area contributed by atoms with Gasteiger partial charge in [0.15, 0.2) is 11.6 Å². The van der Waals surface area contributed by atoms with Crippen molar-refractivity contribution >= 4 is 0 Å². The molecule has 2 rings (SSSR count). The summed E-state index contributed by atoms with van der Waals surface area (Å²) in [5.74, 6) is -1.16. The molecule has 0 amide bonds. The van der Waals surface area contributed by atoms with Crippen LogP contribution in [0.25, 0.3) is 0 Å². The molecular weight excluding hydrogens is 226 g/mol. The molecule has 1 unspecified atom stereocenters. The monoisotopic (exact) mass is 238 g/mol. The van der Waals surface area contributed by atoms with Crippen molar-refractivity contribution in [3.63, 3.8) is 0 Å². The first-order valence-corrected chi connectivity index (χ1v) is 5.26. The minimum absolute atomic E-state index is 0.322. The molecule has 0 aliphatic rings. The molecule has 17 heavy (non-hydrogen) atoms. The van der Waals surface area contributed by atoms with Crippen LogP contribution in [0.15, 0.2) is 24.5 Å². The minimum Gasteiger partial charge on any atom is -0.304 e. The van der Waals surface area contributed by atoms with E-state index in [-0.39, 0.29) is 6.04 Å². The maximum Gasteiger partial charge on any atom is 0.159 e. The van der Waals surface area contributed by atoms with Crippen LogP contribution in [0.5, 0.6) is 0 Å². The Kier molecular flexibility index (Phi) is 3.43. The van der Waals surface area contributed by atoms with Crippen LogP contribution >= 0.6 is 0 Å². The zero-order valence-corrected chi connectivity index (χ0v) is 9.24. The molecule has 0 fully saturated rings. The number of H-pyrrole nitrogens is 1. The van der Waals surface area contributed by atoms with Gasteiger partial charge in [0.2, 0.25) is 0 Å². The molecule has 0 saturated heterocycles. The smallest absolute Gasteiger partial charge is 0.159 e. The summed E-state index contributed by atoms with van der Waals surface area (Å²) >= 11 is 0. The topological polar surface area (TPSA) is 53.6 Å². The summed E-state index contributed by atoms with van der Waals surface area (Å²) in [6.07, 6.45) is 1.37. The molecule has 0 aliphatic carbocycles. The van der Waals surface area contributed by atoms with Gasteiger partial charge in [0.05, 0.1) is 6.04 Å². The highest BCUT2D eigenvalue weighted by atomic mass is 19.2. The largest absolute Gasteiger partial charge is 0.304 e. The lowest BCUT2D eigenvalue weighted by molar-refractivity contribution is 0.502. The van der Waals surface area contributed by atoms with Crippen molar-refractivity contribution in [2.24, 2.45) is 0 Å². The summed E-state index contributed by atoms with van der Waals surface area (Å²) in [6.45, 7) is 2.59. The fraction of sp³-hybridized carbons (Fsp3) is 0.273. The van der Waals surface area contributed by atoms with Crippen LogP contribution in [-0.4, -0.2) is 21.7 Å². The lowest BCUT2D eigenvalue weighted by Gasteiger charge is -2.15. The van der Waals surface area contributed by atoms with Crippen LogP contribution in [0.1, 0.15) is 24.4 Å². The van der Waals surface area contributed by atoms with Crippen molar-refractivity contribution in [2.75, 3.05) is 6.54 Å². The van der Waals surface area contributed by atoms with Gasteiger partial charge in [-0.2, -0.15) is 5.10 Å². The summed E-state index contributed by atoms with van der Waals surface area (Å²) in [5.41, 5.74) is 0.600. The standard InChI is InChI=1S/C11H12F2N4/c1-2-14-10(11-15-6-16-17-11)7-3-4-8(12)9(13)5-7/h3-6,10,14H,2H2,1H3,(H,15,16,17). The summed E-state index contributed by atoms with van der Waals surface area (Å²) in [4.78, 5) is 4.02. The Hall–Kier alpha value is -1.82. The molecule has 4 nitrogen and oxygen atoms in total. The van der Waals surface area contributed by atoms with E-state index in [1.165, 1.54) is 12.4 Å². The van der Waals surface area contributed by atoms with Crippen LogP contribution < -0.4 is 5.32 Å². The summed E-state index contributed by atoms with van der Waals surface area (Å²) in [7, 11) is 0. The van der Waals surface area contributed by atoms with E-state index in [0.29, 0.717) is 17.9 Å². The summed E-state index contributed by atoms with van der Waals surface area (Å²) in [5, 5.41) is 9.59. The Bertz CT molecular complexity index is 484. The molecule has 2 N–H and O–H groups in total. The van der Waals surface area contributed by atoms with E-state index in [4.69, 9.17) is 0 Å². The minimum atomic E-state index is -0.870. The number of nitrogens with zero attached hydrogens (tertiary/aromatic N) is 2. The number of aromatic amines is 1. The van der Waals surface area contributed by atoms with E-state index >= 15 is 0 Å². The first-order valence-electron chi connectivity index (χ1n) is 5.26. The summed E-state index contributed by atoms with van der Waals surface area (Å²) < 4.78 is 26.0. The number of benzene rings is 1. The van der Waals surface area contributed by atoms with Gasteiger partial charge in [-0.25, -0.2) is 13.8 Å². The molecule has 0 radical (unpaired) electrons. The molecule has 0 bridgehead atoms. The molecule has 1 atom stereocenters. The van der Waals surface area contributed by atoms with E-state index in [0.717, 1.165) is 12.1 Å². The third-order valence-electron chi connectivity index (χ3n) is 2.39. The lowest BCUT2D eigenvalue weighted by Crippen LogP contribution is -2.23. The number of hydrogen-bond acceptors (Lipinski definition) is 3. The van der Waals surface area contributed by atoms with Crippen LogP contribution in [0.3, 0.4) is 0 Å². The SMILES string of the molecule is CCNC(c1ccc(F)c(F)c1)c1ncn[nH]1. The maximum atomic E-state index is 13.2. The second kappa shape index (κ2) is 5.01. The zero-order valence-electron chi connectivity index (χ0n) is 9.24. The predicted molar refractivity (Wildman–Crippen MR) is 58.3 cm³/mol. The van der Waals surface area contributed by atoms with Gasteiger partial charge in [0, 0.05) is 0 Å². The van der Waals surface area contributed by atoms with Crippen molar-refractivity contribution in [2.45, 2.75) is 13.0 Å². The third kappa shape index (κ3) is 2.47. The van der Waals surface area contributed by atoms with Gasteiger partial charge in [-0.3, -0.25) is 5.10 Å². The maximum absolute atomic E-state index is 13.2. The van der Waals surface area contributed by atoms with Crippen LogP contribution in [0.2, 0.25) is 0 Å². The van der Waals surface area contributed by atoms with Crippen molar-refractivity contribution < 1.29 is 8.78 Å². The highest BCUT2D eigenvalue weighted by Crippen LogP contribution is 2.20. The Balaban J connectivity index is 2.35. The van der Waals surface area contributed by atoms with Gasteiger partial charge < -0.3 is 5.32 Å². The molecule has 0 aliphatic heterocycles. The van der Waals surface area contributed by atoms with E-state index in [1.807, 2.05) is 6.92 Å². The van der Waals surface area contributed by atoms with Crippen molar-refractivity contribution in [1.29, 1.82) is 0 Å². The third-order valence-corrected chi connectivity index (χ3v) is 2.39. The van der Waals surface area contributed by atoms with Crippen LogP contribution in [0, 0.1) is 11.6 Å². The van der Waals surface area contributed by atoms with Crippen LogP contribution in [-0.2, 0) is 0 Å². The Morgan fingerprint density at radius 3 is 2.76 bits per heavy atom. The highest BCUT2D eigenvalue weighted by Gasteiger charge is 2.17. The fourth-order valence-corrected chi connectivity index (χ4v) is 1.62. The molecule has 0 spiro atoms. The number of halogens is 2. The molecule has 0 saturated carbocycles. The average molecular weight is 238 g/mol. The fourth-order valence-electron chi connectivity index (χ4n) is 1.62. The number of rotatable bonds is 4. The Morgan fingerprint density at radius 1 is 1.35 bits per heavy atom. The Morgan fingerprint density at radius 2 is 2.18 bits per heavy atom. The summed E-state index contributed by atoms with van der Waals surface area (Å²) in [6, 6.07) is 3.46. The lowest BCUT2D eigenvalue weighted by atomic mass is 10.1. The first-order chi connectivity index (χ1) is 8.22. The number of nitrogens with one attached hydrogen (secondary N) is 2. The first kappa shape index (κ1) is 11.7. The van der Waals surface area contributed by atoms with Crippen molar-refractivity contribution in [3.8, 4) is 0 Å². The average Bonchev–Trinajstić information content (AvgIpc) is 2.83. The van der Waals surface area contributed by atoms with E-state index in [2.05, 4.69) is 20.5 Å². The molecule has 1 aromatic heterocycles. The molecular formula is C11H12F2N4. The second-order valence-electron chi connectivity index (χ2n) is 3.53. The van der Waals surface area contributed by atoms with Gasteiger partial charge in [0.25, 0.3) is 0 Å². The second-order valence-corrected chi connectivity index (χ2v) is 3.53. The van der Waals surface area contributed by atoms with E-state index in [9.17, 15) is 8.78 Å². The highest BCUT2D eigenvalue weighted by molar-refractivity contribution is 5.25. The zero-order chi connectivity index (χ0) is 12.3. The van der Waals surface area contributed by atoms with Crippen molar-refractivity contribution in [3.05, 3.63) is 47.5 Å². The number of hydrogen-bond donors (Lipinski definition) is 2. The van der Waals surface area contributed by atoms with Crippen molar-refractivity contribution in [1.82, 2.24) is 20.5 Å². The quantitative estimate of drug-likeness (QED) is 0.853.